The summed E-state index contributed by atoms with van der Waals surface area (Å²) in [5.41, 5.74) is 7.35. The maximum absolute atomic E-state index is 10.6. The SMILES string of the molecule is Nc1ccccc1CNCCS(N)(=O)=O. The average Bonchev–Trinajstić information content (AvgIpc) is 2.13. The maximum atomic E-state index is 10.6. The number of anilines is 1. The Balaban J connectivity index is 2.36. The van der Waals surface area contributed by atoms with Crippen LogP contribution in [0.5, 0.6) is 0 Å². The van der Waals surface area contributed by atoms with Gasteiger partial charge < -0.3 is 11.1 Å². The molecular formula is C9H15N3O2S. The van der Waals surface area contributed by atoms with Crippen LogP contribution in [0.4, 0.5) is 5.69 Å². The lowest BCUT2D eigenvalue weighted by Crippen LogP contribution is -2.27. The fraction of sp³-hybridized carbons (Fsp3) is 0.333. The first-order chi connectivity index (χ1) is 6.99. The molecular weight excluding hydrogens is 214 g/mol. The molecule has 0 radical (unpaired) electrons. The molecule has 0 fully saturated rings. The van der Waals surface area contributed by atoms with Crippen molar-refractivity contribution in [3.05, 3.63) is 29.8 Å². The molecule has 5 nitrogen and oxygen atoms in total. The Hall–Kier alpha value is -1.11. The minimum Gasteiger partial charge on any atom is -0.398 e. The molecule has 0 atom stereocenters. The molecule has 0 aliphatic rings. The summed E-state index contributed by atoms with van der Waals surface area (Å²) in [6.07, 6.45) is 0. The van der Waals surface area contributed by atoms with Gasteiger partial charge in [0.05, 0.1) is 5.75 Å². The highest BCUT2D eigenvalue weighted by atomic mass is 32.2. The van der Waals surface area contributed by atoms with Crippen molar-refractivity contribution in [2.24, 2.45) is 5.14 Å². The van der Waals surface area contributed by atoms with Crippen molar-refractivity contribution >= 4 is 15.7 Å². The summed E-state index contributed by atoms with van der Waals surface area (Å²) in [4.78, 5) is 0. The molecule has 0 spiro atoms. The van der Waals surface area contributed by atoms with Gasteiger partial charge in [0.1, 0.15) is 0 Å². The van der Waals surface area contributed by atoms with Crippen LogP contribution < -0.4 is 16.2 Å². The predicted molar refractivity (Wildman–Crippen MR) is 60.5 cm³/mol. The summed E-state index contributed by atoms with van der Waals surface area (Å²) in [6, 6.07) is 7.42. The van der Waals surface area contributed by atoms with Gasteiger partial charge >= 0.3 is 0 Å². The van der Waals surface area contributed by atoms with Gasteiger partial charge in [0.2, 0.25) is 10.0 Å². The molecule has 0 aliphatic heterocycles. The molecule has 0 bridgehead atoms. The number of hydrogen-bond donors (Lipinski definition) is 3. The number of sulfonamides is 1. The number of nitrogens with two attached hydrogens (primary N) is 2. The number of para-hydroxylation sites is 1. The van der Waals surface area contributed by atoms with Crippen LogP contribution in [0, 0.1) is 0 Å². The highest BCUT2D eigenvalue weighted by molar-refractivity contribution is 7.89. The molecule has 1 aromatic rings. The molecule has 0 aliphatic carbocycles. The predicted octanol–water partition coefficient (Wildman–Crippen LogP) is -0.353. The van der Waals surface area contributed by atoms with Crippen molar-refractivity contribution in [2.45, 2.75) is 6.54 Å². The molecule has 5 N–H and O–H groups in total. The molecule has 0 aromatic heterocycles. The van der Waals surface area contributed by atoms with Crippen molar-refractivity contribution in [2.75, 3.05) is 18.0 Å². The van der Waals surface area contributed by atoms with Gasteiger partial charge in [0.15, 0.2) is 0 Å². The Kier molecular flexibility index (Phi) is 4.07. The van der Waals surface area contributed by atoms with Crippen molar-refractivity contribution in [3.8, 4) is 0 Å². The van der Waals surface area contributed by atoms with E-state index in [0.717, 1.165) is 5.56 Å². The van der Waals surface area contributed by atoms with Crippen LogP contribution in [0.2, 0.25) is 0 Å². The van der Waals surface area contributed by atoms with E-state index in [1.165, 1.54) is 0 Å². The molecule has 0 saturated heterocycles. The van der Waals surface area contributed by atoms with Crippen molar-refractivity contribution in [1.82, 2.24) is 5.32 Å². The third kappa shape index (κ3) is 4.78. The van der Waals surface area contributed by atoms with Crippen LogP contribution in [0.15, 0.2) is 24.3 Å². The highest BCUT2D eigenvalue weighted by Gasteiger charge is 2.02. The molecule has 0 heterocycles. The van der Waals surface area contributed by atoms with Crippen LogP contribution in [0.3, 0.4) is 0 Å². The van der Waals surface area contributed by atoms with Crippen molar-refractivity contribution in [1.29, 1.82) is 0 Å². The minimum absolute atomic E-state index is 0.0697. The largest absolute Gasteiger partial charge is 0.398 e. The zero-order valence-electron chi connectivity index (χ0n) is 8.31. The number of hydrogen-bond acceptors (Lipinski definition) is 4. The maximum Gasteiger partial charge on any atom is 0.210 e. The lowest BCUT2D eigenvalue weighted by atomic mass is 10.2. The van der Waals surface area contributed by atoms with Crippen LogP contribution >= 0.6 is 0 Å². The van der Waals surface area contributed by atoms with Gasteiger partial charge in [-0.3, -0.25) is 0 Å². The fourth-order valence-corrected chi connectivity index (χ4v) is 1.56. The zero-order valence-corrected chi connectivity index (χ0v) is 9.13. The number of benzene rings is 1. The monoisotopic (exact) mass is 229 g/mol. The second-order valence-electron chi connectivity index (χ2n) is 3.24. The Morgan fingerprint density at radius 2 is 1.93 bits per heavy atom. The molecule has 15 heavy (non-hydrogen) atoms. The van der Waals surface area contributed by atoms with Crippen molar-refractivity contribution < 1.29 is 8.42 Å². The van der Waals surface area contributed by atoms with Gasteiger partial charge in [0, 0.05) is 18.8 Å². The lowest BCUT2D eigenvalue weighted by molar-refractivity contribution is 0.592. The van der Waals surface area contributed by atoms with E-state index < -0.39 is 10.0 Å². The Labute approximate surface area is 89.5 Å². The van der Waals surface area contributed by atoms with E-state index in [2.05, 4.69) is 5.32 Å². The van der Waals surface area contributed by atoms with E-state index in [-0.39, 0.29) is 5.75 Å². The molecule has 1 aromatic carbocycles. The van der Waals surface area contributed by atoms with E-state index in [4.69, 9.17) is 10.9 Å². The number of rotatable bonds is 5. The second-order valence-corrected chi connectivity index (χ2v) is 4.98. The summed E-state index contributed by atoms with van der Waals surface area (Å²) in [7, 11) is -3.38. The van der Waals surface area contributed by atoms with E-state index in [1.807, 2.05) is 18.2 Å². The normalized spacial score (nSPS) is 11.5. The molecule has 6 heteroatoms. The van der Waals surface area contributed by atoms with E-state index in [9.17, 15) is 8.42 Å². The standard InChI is InChI=1S/C9H15N3O2S/c10-9-4-2-1-3-8(9)7-12-5-6-15(11,13)14/h1-4,12H,5-7,10H2,(H2,11,13,14). The average molecular weight is 229 g/mol. The van der Waals surface area contributed by atoms with Gasteiger partial charge in [-0.25, -0.2) is 13.6 Å². The summed E-state index contributed by atoms with van der Waals surface area (Å²) >= 11 is 0. The molecule has 0 amide bonds. The van der Waals surface area contributed by atoms with Gasteiger partial charge in [-0.05, 0) is 11.6 Å². The topological polar surface area (TPSA) is 98.2 Å². The molecule has 0 unspecified atom stereocenters. The summed E-state index contributed by atoms with van der Waals surface area (Å²) in [6.45, 7) is 0.870. The van der Waals surface area contributed by atoms with Crippen molar-refractivity contribution in [3.63, 3.8) is 0 Å². The van der Waals surface area contributed by atoms with Gasteiger partial charge in [-0.2, -0.15) is 0 Å². The van der Waals surface area contributed by atoms with Crippen LogP contribution in [0.1, 0.15) is 5.56 Å². The summed E-state index contributed by atoms with van der Waals surface area (Å²) in [5, 5.41) is 7.81. The number of primary sulfonamides is 1. The van der Waals surface area contributed by atoms with Crippen LogP contribution in [-0.2, 0) is 16.6 Å². The first-order valence-corrected chi connectivity index (χ1v) is 6.25. The lowest BCUT2D eigenvalue weighted by Gasteiger charge is -2.06. The van der Waals surface area contributed by atoms with E-state index in [1.54, 1.807) is 6.07 Å². The van der Waals surface area contributed by atoms with Crippen LogP contribution in [0.25, 0.3) is 0 Å². The Bertz CT molecular complexity index is 417. The summed E-state index contributed by atoms with van der Waals surface area (Å²) in [5.74, 6) is -0.0697. The van der Waals surface area contributed by atoms with Gasteiger partial charge in [0.25, 0.3) is 0 Å². The Morgan fingerprint density at radius 3 is 2.53 bits per heavy atom. The smallest absolute Gasteiger partial charge is 0.210 e. The van der Waals surface area contributed by atoms with Gasteiger partial charge in [-0.15, -0.1) is 0 Å². The minimum atomic E-state index is -3.38. The third-order valence-electron chi connectivity index (χ3n) is 1.93. The first-order valence-electron chi connectivity index (χ1n) is 4.53. The highest BCUT2D eigenvalue weighted by Crippen LogP contribution is 2.09. The Morgan fingerprint density at radius 1 is 1.27 bits per heavy atom. The van der Waals surface area contributed by atoms with E-state index >= 15 is 0 Å². The second kappa shape index (κ2) is 5.11. The van der Waals surface area contributed by atoms with E-state index in [0.29, 0.717) is 18.8 Å². The molecule has 1 rings (SSSR count). The fourth-order valence-electron chi connectivity index (χ4n) is 1.13. The van der Waals surface area contributed by atoms with Gasteiger partial charge in [-0.1, -0.05) is 18.2 Å². The summed E-state index contributed by atoms with van der Waals surface area (Å²) < 4.78 is 21.2. The first kappa shape index (κ1) is 12.0. The number of nitrogen functional groups attached to an aromatic ring is 1. The van der Waals surface area contributed by atoms with Crippen LogP contribution in [-0.4, -0.2) is 20.7 Å². The third-order valence-corrected chi connectivity index (χ3v) is 2.71. The number of nitrogens with one attached hydrogen (secondary N) is 1. The molecule has 84 valence electrons. The quantitative estimate of drug-likeness (QED) is 0.474. The molecule has 0 saturated carbocycles. The zero-order chi connectivity index (χ0) is 11.3.